The fourth-order valence-corrected chi connectivity index (χ4v) is 1.65. The van der Waals surface area contributed by atoms with Crippen LogP contribution < -0.4 is 5.56 Å². The second-order valence-corrected chi connectivity index (χ2v) is 4.25. The summed E-state index contributed by atoms with van der Waals surface area (Å²) in [6.07, 6.45) is 1.78. The highest BCUT2D eigenvalue weighted by Crippen LogP contribution is 2.10. The van der Waals surface area contributed by atoms with Gasteiger partial charge in [-0.15, -0.1) is 0 Å². The third-order valence-corrected chi connectivity index (χ3v) is 2.48. The van der Waals surface area contributed by atoms with Gasteiger partial charge in [-0.05, 0) is 26.6 Å². The second-order valence-electron chi connectivity index (χ2n) is 4.25. The van der Waals surface area contributed by atoms with Gasteiger partial charge in [0.25, 0.3) is 5.56 Å². The number of nitrogens with zero attached hydrogens (tertiary/aromatic N) is 2. The smallest absolute Gasteiger partial charge is 0.254 e. The van der Waals surface area contributed by atoms with Crippen molar-refractivity contribution >= 4 is 0 Å². The SMILES string of the molecule is CCCc1cc(O)cc(=O)n1CCN(C)C. The molecule has 16 heavy (non-hydrogen) atoms. The van der Waals surface area contributed by atoms with E-state index in [0.29, 0.717) is 6.54 Å². The van der Waals surface area contributed by atoms with Crippen LogP contribution in [0.1, 0.15) is 19.0 Å². The number of hydrogen-bond donors (Lipinski definition) is 1. The van der Waals surface area contributed by atoms with Crippen LogP contribution in [0.25, 0.3) is 0 Å². The maximum atomic E-state index is 11.7. The maximum absolute atomic E-state index is 11.7. The molecule has 90 valence electrons. The summed E-state index contributed by atoms with van der Waals surface area (Å²) in [5.41, 5.74) is 0.791. The van der Waals surface area contributed by atoms with Gasteiger partial charge in [-0.25, -0.2) is 0 Å². The van der Waals surface area contributed by atoms with Gasteiger partial charge < -0.3 is 14.6 Å². The summed E-state index contributed by atoms with van der Waals surface area (Å²) in [6, 6.07) is 2.95. The zero-order valence-corrected chi connectivity index (χ0v) is 10.2. The zero-order chi connectivity index (χ0) is 12.1. The lowest BCUT2D eigenvalue weighted by Crippen LogP contribution is -2.28. The molecule has 0 amide bonds. The van der Waals surface area contributed by atoms with Gasteiger partial charge in [0.05, 0.1) is 0 Å². The fourth-order valence-electron chi connectivity index (χ4n) is 1.65. The van der Waals surface area contributed by atoms with Crippen molar-refractivity contribution in [3.63, 3.8) is 0 Å². The van der Waals surface area contributed by atoms with Gasteiger partial charge in [-0.3, -0.25) is 4.79 Å². The van der Waals surface area contributed by atoms with Gasteiger partial charge in [-0.2, -0.15) is 0 Å². The third-order valence-electron chi connectivity index (χ3n) is 2.48. The van der Waals surface area contributed by atoms with Crippen LogP contribution in [0.5, 0.6) is 5.75 Å². The molecule has 0 aromatic carbocycles. The van der Waals surface area contributed by atoms with Gasteiger partial charge in [0, 0.05) is 24.8 Å². The van der Waals surface area contributed by atoms with Crippen LogP contribution in [-0.4, -0.2) is 35.2 Å². The molecule has 1 aromatic rings. The number of aromatic nitrogens is 1. The Morgan fingerprint density at radius 1 is 1.38 bits per heavy atom. The molecule has 0 fully saturated rings. The van der Waals surface area contributed by atoms with E-state index in [4.69, 9.17) is 0 Å². The summed E-state index contributed by atoms with van der Waals surface area (Å²) >= 11 is 0. The first kappa shape index (κ1) is 12.8. The van der Waals surface area contributed by atoms with Crippen LogP contribution in [0.3, 0.4) is 0 Å². The summed E-state index contributed by atoms with van der Waals surface area (Å²) in [5.74, 6) is 0.0644. The third kappa shape index (κ3) is 3.38. The van der Waals surface area contributed by atoms with E-state index in [2.05, 4.69) is 6.92 Å². The molecule has 0 saturated carbocycles. The van der Waals surface area contributed by atoms with E-state index in [1.54, 1.807) is 10.6 Å². The molecule has 4 heteroatoms. The Morgan fingerprint density at radius 2 is 2.06 bits per heavy atom. The van der Waals surface area contributed by atoms with E-state index in [9.17, 15) is 9.90 Å². The highest BCUT2D eigenvalue weighted by Gasteiger charge is 2.06. The molecule has 0 spiro atoms. The number of rotatable bonds is 5. The molecule has 0 aliphatic heterocycles. The molecule has 0 saturated heterocycles. The number of aryl methyl sites for hydroxylation is 1. The lowest BCUT2D eigenvalue weighted by molar-refractivity contribution is 0.375. The van der Waals surface area contributed by atoms with Crippen molar-refractivity contribution in [2.75, 3.05) is 20.6 Å². The molecular formula is C12H20N2O2. The molecule has 1 aromatic heterocycles. The van der Waals surface area contributed by atoms with Gasteiger partial charge in [-0.1, -0.05) is 13.3 Å². The summed E-state index contributed by atoms with van der Waals surface area (Å²) in [6.45, 7) is 3.55. The Morgan fingerprint density at radius 3 is 2.62 bits per heavy atom. The minimum absolute atomic E-state index is 0.0644. The van der Waals surface area contributed by atoms with Crippen molar-refractivity contribution < 1.29 is 5.11 Å². The van der Waals surface area contributed by atoms with E-state index < -0.39 is 0 Å². The Hall–Kier alpha value is -1.29. The monoisotopic (exact) mass is 224 g/mol. The Labute approximate surface area is 96.1 Å². The lowest BCUT2D eigenvalue weighted by atomic mass is 10.2. The van der Waals surface area contributed by atoms with Crippen molar-refractivity contribution in [3.8, 4) is 5.75 Å². The highest BCUT2D eigenvalue weighted by molar-refractivity contribution is 5.22. The molecule has 4 nitrogen and oxygen atoms in total. The molecule has 0 radical (unpaired) electrons. The summed E-state index contributed by atoms with van der Waals surface area (Å²) in [7, 11) is 3.95. The maximum Gasteiger partial charge on any atom is 0.254 e. The van der Waals surface area contributed by atoms with Crippen LogP contribution in [-0.2, 0) is 13.0 Å². The number of pyridine rings is 1. The van der Waals surface area contributed by atoms with Crippen LogP contribution in [0.2, 0.25) is 0 Å². The molecular weight excluding hydrogens is 204 g/mol. The first-order valence-electron chi connectivity index (χ1n) is 5.62. The Bertz CT molecular complexity index is 396. The van der Waals surface area contributed by atoms with Crippen molar-refractivity contribution in [3.05, 3.63) is 28.2 Å². The molecule has 0 aliphatic rings. The molecule has 0 aliphatic carbocycles. The molecule has 1 rings (SSSR count). The van der Waals surface area contributed by atoms with Crippen LogP contribution in [0.15, 0.2) is 16.9 Å². The van der Waals surface area contributed by atoms with Crippen LogP contribution in [0, 0.1) is 0 Å². The van der Waals surface area contributed by atoms with E-state index in [1.807, 2.05) is 19.0 Å². The van der Waals surface area contributed by atoms with Crippen molar-refractivity contribution in [2.45, 2.75) is 26.3 Å². The summed E-state index contributed by atoms with van der Waals surface area (Å²) in [5, 5.41) is 9.40. The van der Waals surface area contributed by atoms with E-state index in [0.717, 1.165) is 25.1 Å². The minimum atomic E-state index is -0.120. The predicted octanol–water partition coefficient (Wildman–Crippen LogP) is 1.07. The van der Waals surface area contributed by atoms with E-state index in [-0.39, 0.29) is 11.3 Å². The topological polar surface area (TPSA) is 45.5 Å². The van der Waals surface area contributed by atoms with Crippen molar-refractivity contribution in [1.29, 1.82) is 0 Å². The highest BCUT2D eigenvalue weighted by atomic mass is 16.3. The fraction of sp³-hybridized carbons (Fsp3) is 0.583. The van der Waals surface area contributed by atoms with Gasteiger partial charge >= 0.3 is 0 Å². The van der Waals surface area contributed by atoms with Crippen molar-refractivity contribution in [2.24, 2.45) is 0 Å². The quantitative estimate of drug-likeness (QED) is 0.813. The number of hydrogen-bond acceptors (Lipinski definition) is 3. The molecule has 1 heterocycles. The zero-order valence-electron chi connectivity index (χ0n) is 10.2. The van der Waals surface area contributed by atoms with Gasteiger partial charge in [0.15, 0.2) is 0 Å². The number of aromatic hydroxyl groups is 1. The minimum Gasteiger partial charge on any atom is -0.508 e. The standard InChI is InChI=1S/C12H20N2O2/c1-4-5-10-8-11(15)9-12(16)14(10)7-6-13(2)3/h8-9,15H,4-7H2,1-3H3. The summed E-state index contributed by atoms with van der Waals surface area (Å²) < 4.78 is 1.74. The molecule has 0 atom stereocenters. The van der Waals surface area contributed by atoms with Crippen molar-refractivity contribution in [1.82, 2.24) is 9.47 Å². The van der Waals surface area contributed by atoms with Crippen LogP contribution >= 0.6 is 0 Å². The second kappa shape index (κ2) is 5.70. The average Bonchev–Trinajstić information content (AvgIpc) is 2.16. The molecule has 0 unspecified atom stereocenters. The van der Waals surface area contributed by atoms with Gasteiger partial charge in [0.2, 0.25) is 0 Å². The number of likely N-dealkylation sites (N-methyl/N-ethyl adjacent to an activating group) is 1. The lowest BCUT2D eigenvalue weighted by Gasteiger charge is -2.15. The van der Waals surface area contributed by atoms with E-state index >= 15 is 0 Å². The Balaban J connectivity index is 2.99. The van der Waals surface area contributed by atoms with E-state index in [1.165, 1.54) is 6.07 Å². The molecule has 1 N–H and O–H groups in total. The first-order valence-corrected chi connectivity index (χ1v) is 5.62. The Kier molecular flexibility index (Phi) is 4.55. The normalized spacial score (nSPS) is 11.0. The first-order chi connectivity index (χ1) is 7.54. The van der Waals surface area contributed by atoms with Crippen LogP contribution in [0.4, 0.5) is 0 Å². The summed E-state index contributed by atoms with van der Waals surface area (Å²) in [4.78, 5) is 13.8. The average molecular weight is 224 g/mol. The predicted molar refractivity (Wildman–Crippen MR) is 64.9 cm³/mol. The molecule has 0 bridgehead atoms. The largest absolute Gasteiger partial charge is 0.508 e. The van der Waals surface area contributed by atoms with Gasteiger partial charge in [0.1, 0.15) is 5.75 Å².